The molecule has 6 nitrogen and oxygen atoms in total. The van der Waals surface area contributed by atoms with Crippen molar-refractivity contribution in [1.82, 2.24) is 4.90 Å². The minimum absolute atomic E-state index is 0.0476. The number of aliphatic carboxylic acids is 1. The topological polar surface area (TPSA) is 76.1 Å². The van der Waals surface area contributed by atoms with Crippen LogP contribution in [0.4, 0.5) is 0 Å². The van der Waals surface area contributed by atoms with Crippen LogP contribution in [0.3, 0.4) is 0 Å². The largest absolute Gasteiger partial charge is 0.497 e. The third-order valence-corrected chi connectivity index (χ3v) is 4.00. The lowest BCUT2D eigenvalue weighted by molar-refractivity contribution is -0.141. The van der Waals surface area contributed by atoms with Crippen molar-refractivity contribution in [2.45, 2.75) is 32.7 Å². The van der Waals surface area contributed by atoms with Crippen molar-refractivity contribution in [2.75, 3.05) is 20.3 Å². The number of carbonyl (C=O) groups is 2. The van der Waals surface area contributed by atoms with Crippen LogP contribution in [-0.2, 0) is 16.0 Å². The monoisotopic (exact) mass is 321 g/mol. The molecule has 0 spiro atoms. The van der Waals surface area contributed by atoms with Gasteiger partial charge < -0.3 is 19.5 Å². The van der Waals surface area contributed by atoms with Crippen molar-refractivity contribution in [2.24, 2.45) is 5.92 Å². The second kappa shape index (κ2) is 7.35. The van der Waals surface area contributed by atoms with Crippen LogP contribution in [0.15, 0.2) is 18.2 Å². The predicted octanol–water partition coefficient (Wildman–Crippen LogP) is 1.96. The van der Waals surface area contributed by atoms with E-state index >= 15 is 0 Å². The second-order valence-corrected chi connectivity index (χ2v) is 5.95. The van der Waals surface area contributed by atoms with Gasteiger partial charge in [0.1, 0.15) is 18.1 Å². The van der Waals surface area contributed by atoms with Gasteiger partial charge >= 0.3 is 5.97 Å². The van der Waals surface area contributed by atoms with E-state index in [0.29, 0.717) is 13.0 Å². The Hall–Kier alpha value is -2.24. The molecule has 1 aromatic rings. The number of hydrogen-bond acceptors (Lipinski definition) is 4. The van der Waals surface area contributed by atoms with Crippen molar-refractivity contribution in [3.8, 4) is 11.5 Å². The van der Waals surface area contributed by atoms with E-state index in [-0.39, 0.29) is 30.8 Å². The summed E-state index contributed by atoms with van der Waals surface area (Å²) >= 11 is 0. The molecular formula is C17H23NO5. The lowest BCUT2D eigenvalue weighted by Crippen LogP contribution is -2.45. The Kier molecular flexibility index (Phi) is 5.47. The molecule has 0 aromatic heterocycles. The molecule has 1 aromatic carbocycles. The third kappa shape index (κ3) is 4.15. The number of nitrogens with zero attached hydrogens (tertiary/aromatic N) is 1. The summed E-state index contributed by atoms with van der Waals surface area (Å²) in [4.78, 5) is 25.1. The molecule has 6 heteroatoms. The summed E-state index contributed by atoms with van der Waals surface area (Å²) in [5.41, 5.74) is 0.941. The zero-order valence-electron chi connectivity index (χ0n) is 13.7. The average Bonchev–Trinajstić information content (AvgIpc) is 2.53. The highest BCUT2D eigenvalue weighted by Crippen LogP contribution is 2.31. The summed E-state index contributed by atoms with van der Waals surface area (Å²) in [6.45, 7) is 4.31. The van der Waals surface area contributed by atoms with Crippen molar-refractivity contribution >= 4 is 11.9 Å². The third-order valence-electron chi connectivity index (χ3n) is 4.00. The van der Waals surface area contributed by atoms with Gasteiger partial charge in [-0.3, -0.25) is 9.59 Å². The summed E-state index contributed by atoms with van der Waals surface area (Å²) in [5, 5.41) is 8.85. The van der Waals surface area contributed by atoms with Crippen LogP contribution in [0.5, 0.6) is 11.5 Å². The lowest BCUT2D eigenvalue weighted by atomic mass is 9.94. The van der Waals surface area contributed by atoms with Crippen molar-refractivity contribution in [3.63, 3.8) is 0 Å². The maximum absolute atomic E-state index is 12.7. The van der Waals surface area contributed by atoms with Crippen LogP contribution < -0.4 is 9.47 Å². The number of carboxylic acid groups (broad SMARTS) is 1. The highest BCUT2D eigenvalue weighted by Gasteiger charge is 2.31. The fourth-order valence-electron chi connectivity index (χ4n) is 2.73. The number of fused-ring (bicyclic) bond motifs is 1. The Labute approximate surface area is 136 Å². The normalized spacial score (nSPS) is 16.4. The standard InChI is InChI=1S/C17H23NO5/c1-11(2)18(7-6-16(19)20)17(21)13-8-12-9-14(22-3)4-5-15(12)23-10-13/h4-5,9,11,13H,6-8,10H2,1-3H3,(H,19,20). The number of hydrogen-bond donors (Lipinski definition) is 1. The van der Waals surface area contributed by atoms with Crippen LogP contribution in [0.1, 0.15) is 25.8 Å². The van der Waals surface area contributed by atoms with E-state index < -0.39 is 5.97 Å². The van der Waals surface area contributed by atoms with Crippen LogP contribution in [-0.4, -0.2) is 48.2 Å². The molecule has 1 amide bonds. The molecule has 1 heterocycles. The first-order chi connectivity index (χ1) is 10.9. The maximum Gasteiger partial charge on any atom is 0.305 e. The number of amides is 1. The molecule has 0 bridgehead atoms. The van der Waals surface area contributed by atoms with Crippen LogP contribution in [0.2, 0.25) is 0 Å². The second-order valence-electron chi connectivity index (χ2n) is 5.95. The summed E-state index contributed by atoms with van der Waals surface area (Å²) in [5.74, 6) is 0.238. The molecule has 1 aliphatic heterocycles. The van der Waals surface area contributed by atoms with E-state index in [1.165, 1.54) is 0 Å². The molecule has 1 unspecified atom stereocenters. The van der Waals surface area contributed by atoms with E-state index in [2.05, 4.69) is 0 Å². The van der Waals surface area contributed by atoms with E-state index in [0.717, 1.165) is 17.1 Å². The van der Waals surface area contributed by atoms with Gasteiger partial charge in [-0.25, -0.2) is 0 Å². The van der Waals surface area contributed by atoms with Gasteiger partial charge in [-0.15, -0.1) is 0 Å². The van der Waals surface area contributed by atoms with Crippen LogP contribution in [0.25, 0.3) is 0 Å². The number of benzene rings is 1. The van der Waals surface area contributed by atoms with E-state index in [9.17, 15) is 9.59 Å². The zero-order valence-corrected chi connectivity index (χ0v) is 13.7. The van der Waals surface area contributed by atoms with Gasteiger partial charge in [0, 0.05) is 12.6 Å². The highest BCUT2D eigenvalue weighted by molar-refractivity contribution is 5.80. The SMILES string of the molecule is COc1ccc2c(c1)CC(C(=O)N(CCC(=O)O)C(C)C)CO2. The molecule has 1 aliphatic rings. The molecule has 0 saturated heterocycles. The van der Waals surface area contributed by atoms with E-state index in [1.54, 1.807) is 12.0 Å². The van der Waals surface area contributed by atoms with Gasteiger partial charge in [-0.2, -0.15) is 0 Å². The first-order valence-corrected chi connectivity index (χ1v) is 7.74. The van der Waals surface area contributed by atoms with Gasteiger partial charge in [0.15, 0.2) is 0 Å². The molecule has 0 radical (unpaired) electrons. The van der Waals surface area contributed by atoms with Crippen molar-refractivity contribution in [1.29, 1.82) is 0 Å². The molecular weight excluding hydrogens is 298 g/mol. The first kappa shape index (κ1) is 17.1. The van der Waals surface area contributed by atoms with Gasteiger partial charge in [-0.05, 0) is 44.0 Å². The van der Waals surface area contributed by atoms with E-state index in [1.807, 2.05) is 32.0 Å². The molecule has 0 fully saturated rings. The Balaban J connectivity index is 2.11. The Morgan fingerprint density at radius 2 is 2.17 bits per heavy atom. The minimum Gasteiger partial charge on any atom is -0.497 e. The van der Waals surface area contributed by atoms with Crippen molar-refractivity contribution < 1.29 is 24.2 Å². The summed E-state index contributed by atoms with van der Waals surface area (Å²) in [6.07, 6.45) is 0.517. The number of carbonyl (C=O) groups excluding carboxylic acids is 1. The Bertz CT molecular complexity index is 584. The lowest BCUT2D eigenvalue weighted by Gasteiger charge is -2.32. The molecule has 0 saturated carbocycles. The maximum atomic E-state index is 12.7. The summed E-state index contributed by atoms with van der Waals surface area (Å²) in [6, 6.07) is 5.51. The molecule has 2 rings (SSSR count). The Morgan fingerprint density at radius 1 is 1.43 bits per heavy atom. The average molecular weight is 321 g/mol. The summed E-state index contributed by atoms with van der Waals surface area (Å²) < 4.78 is 10.9. The van der Waals surface area contributed by atoms with Crippen molar-refractivity contribution in [3.05, 3.63) is 23.8 Å². The fraction of sp³-hybridized carbons (Fsp3) is 0.529. The van der Waals surface area contributed by atoms with Gasteiger partial charge in [-0.1, -0.05) is 0 Å². The number of carboxylic acids is 1. The number of rotatable bonds is 6. The summed E-state index contributed by atoms with van der Waals surface area (Å²) in [7, 11) is 1.60. The molecule has 0 aliphatic carbocycles. The molecule has 23 heavy (non-hydrogen) atoms. The van der Waals surface area contributed by atoms with Gasteiger partial charge in [0.2, 0.25) is 5.91 Å². The highest BCUT2D eigenvalue weighted by atomic mass is 16.5. The quantitative estimate of drug-likeness (QED) is 0.867. The first-order valence-electron chi connectivity index (χ1n) is 7.74. The molecule has 1 atom stereocenters. The molecule has 1 N–H and O–H groups in total. The van der Waals surface area contributed by atoms with Gasteiger partial charge in [0.25, 0.3) is 0 Å². The predicted molar refractivity (Wildman–Crippen MR) is 84.8 cm³/mol. The van der Waals surface area contributed by atoms with Crippen LogP contribution in [0, 0.1) is 5.92 Å². The van der Waals surface area contributed by atoms with Crippen LogP contribution >= 0.6 is 0 Å². The fourth-order valence-corrected chi connectivity index (χ4v) is 2.73. The zero-order chi connectivity index (χ0) is 17.0. The smallest absolute Gasteiger partial charge is 0.305 e. The Morgan fingerprint density at radius 3 is 2.78 bits per heavy atom. The molecule has 126 valence electrons. The number of methoxy groups -OCH3 is 1. The number of ether oxygens (including phenoxy) is 2. The minimum atomic E-state index is -0.904. The van der Waals surface area contributed by atoms with E-state index in [4.69, 9.17) is 14.6 Å². The van der Waals surface area contributed by atoms with Gasteiger partial charge in [0.05, 0.1) is 19.4 Å².